The van der Waals surface area contributed by atoms with Gasteiger partial charge in [-0.2, -0.15) is 0 Å². The van der Waals surface area contributed by atoms with E-state index in [1.807, 2.05) is 0 Å². The number of hydrogen-bond acceptors (Lipinski definition) is 3. The van der Waals surface area contributed by atoms with Crippen LogP contribution < -0.4 is 0 Å². The van der Waals surface area contributed by atoms with Crippen LogP contribution in [0.25, 0.3) is 0 Å². The van der Waals surface area contributed by atoms with Crippen molar-refractivity contribution >= 4 is 56.0 Å². The first-order valence-electron chi connectivity index (χ1n) is 3.30. The second-order valence-electron chi connectivity index (χ2n) is 1.84. The third-order valence-corrected chi connectivity index (χ3v) is 2.76. The van der Waals surface area contributed by atoms with Gasteiger partial charge >= 0.3 is 8.25 Å². The number of halogens is 3. The molecule has 0 rings (SSSR count). The maximum absolute atomic E-state index is 10.9. The first-order chi connectivity index (χ1) is 5.66. The van der Waals surface area contributed by atoms with E-state index in [1.54, 1.807) is 0 Å². The van der Waals surface area contributed by atoms with Gasteiger partial charge in [0.2, 0.25) is 0 Å². The molecule has 7 heteroatoms. The first-order valence-corrected chi connectivity index (χ1v) is 7.48. The van der Waals surface area contributed by atoms with E-state index in [-0.39, 0.29) is 3.74 Å². The van der Waals surface area contributed by atoms with E-state index in [2.05, 4.69) is 47.8 Å². The monoisotopic (exact) mass is 386 g/mol. The largest absolute Gasteiger partial charge is 0.319 e. The predicted octanol–water partition coefficient (Wildman–Crippen LogP) is 3.31. The molecular weight excluding hydrogens is 379 g/mol. The molecule has 0 heterocycles. The summed E-state index contributed by atoms with van der Waals surface area (Å²) >= 11 is 9.62. The van der Waals surface area contributed by atoms with E-state index in [0.29, 0.717) is 13.2 Å². The Balaban J connectivity index is 3.22. The van der Waals surface area contributed by atoms with E-state index in [0.717, 1.165) is 11.8 Å². The van der Waals surface area contributed by atoms with Gasteiger partial charge in [0.15, 0.2) is 0 Å². The summed E-state index contributed by atoms with van der Waals surface area (Å²) in [5.74, 6) is 0. The highest BCUT2D eigenvalue weighted by molar-refractivity contribution is 9.24. The molecule has 0 aromatic carbocycles. The van der Waals surface area contributed by atoms with E-state index in [4.69, 9.17) is 9.05 Å². The van der Waals surface area contributed by atoms with Crippen LogP contribution in [0.2, 0.25) is 0 Å². The van der Waals surface area contributed by atoms with Crippen LogP contribution >= 0.6 is 56.0 Å². The maximum Gasteiger partial charge on any atom is 0.319 e. The highest BCUT2D eigenvalue weighted by Gasteiger charge is 2.02. The summed E-state index contributed by atoms with van der Waals surface area (Å²) in [5, 5.41) is 0.849. The van der Waals surface area contributed by atoms with Gasteiger partial charge in [-0.3, -0.25) is 4.57 Å². The van der Waals surface area contributed by atoms with Crippen LogP contribution in [0.5, 0.6) is 0 Å². The zero-order valence-electron chi connectivity index (χ0n) is 6.26. The van der Waals surface area contributed by atoms with Crippen LogP contribution in [0.1, 0.15) is 6.42 Å². The predicted molar refractivity (Wildman–Crippen MR) is 61.0 cm³/mol. The van der Waals surface area contributed by atoms with Gasteiger partial charge in [0, 0.05) is 5.33 Å². The molecule has 0 aliphatic carbocycles. The van der Waals surface area contributed by atoms with E-state index < -0.39 is 8.25 Å². The Hall–Kier alpha value is 1.59. The normalized spacial score (nSPS) is 13.7. The van der Waals surface area contributed by atoms with Gasteiger partial charge in [0.05, 0.1) is 17.0 Å². The maximum atomic E-state index is 10.9. The molecule has 1 atom stereocenters. The Morgan fingerprint density at radius 3 is 2.50 bits per heavy atom. The lowest BCUT2D eigenvalue weighted by Crippen LogP contribution is -1.97. The SMILES string of the molecule is O=[PH](OCCCBr)OCC(Br)Br. The van der Waals surface area contributed by atoms with E-state index in [9.17, 15) is 4.57 Å². The lowest BCUT2D eigenvalue weighted by molar-refractivity contribution is 0.235. The minimum absolute atomic E-state index is 0.0266. The van der Waals surface area contributed by atoms with Gasteiger partial charge in [0.25, 0.3) is 0 Å². The van der Waals surface area contributed by atoms with Gasteiger partial charge in [0.1, 0.15) is 0 Å². The Bertz CT molecular complexity index is 133. The Labute approximate surface area is 97.9 Å². The molecule has 0 saturated heterocycles. The third kappa shape index (κ3) is 9.68. The molecular formula is C5H10Br3O3P. The minimum atomic E-state index is -2.29. The minimum Gasteiger partial charge on any atom is -0.311 e. The summed E-state index contributed by atoms with van der Waals surface area (Å²) in [5.41, 5.74) is 0. The number of alkyl halides is 3. The molecule has 12 heavy (non-hydrogen) atoms. The van der Waals surface area contributed by atoms with Crippen molar-refractivity contribution in [2.75, 3.05) is 18.5 Å². The fraction of sp³-hybridized carbons (Fsp3) is 1.00. The van der Waals surface area contributed by atoms with E-state index in [1.165, 1.54) is 0 Å². The first kappa shape index (κ1) is 13.6. The van der Waals surface area contributed by atoms with Crippen LogP contribution in [0, 0.1) is 0 Å². The molecule has 0 radical (unpaired) electrons. The Morgan fingerprint density at radius 2 is 2.00 bits per heavy atom. The van der Waals surface area contributed by atoms with Gasteiger partial charge in [-0.15, -0.1) is 0 Å². The second-order valence-corrected chi connectivity index (χ2v) is 7.15. The average Bonchev–Trinajstić information content (AvgIpc) is 2.01. The van der Waals surface area contributed by atoms with Crippen molar-refractivity contribution in [2.24, 2.45) is 0 Å². The fourth-order valence-corrected chi connectivity index (χ4v) is 2.06. The summed E-state index contributed by atoms with van der Waals surface area (Å²) in [6.45, 7) is 0.810. The zero-order chi connectivity index (χ0) is 9.40. The van der Waals surface area contributed by atoms with Crippen molar-refractivity contribution in [1.82, 2.24) is 0 Å². The molecule has 0 N–H and O–H groups in total. The molecule has 0 aliphatic rings. The molecule has 0 aromatic heterocycles. The van der Waals surface area contributed by atoms with Crippen molar-refractivity contribution in [2.45, 2.75) is 10.2 Å². The Morgan fingerprint density at radius 1 is 1.33 bits per heavy atom. The van der Waals surface area contributed by atoms with E-state index >= 15 is 0 Å². The summed E-state index contributed by atoms with van der Waals surface area (Å²) in [6, 6.07) is 0. The summed E-state index contributed by atoms with van der Waals surface area (Å²) < 4.78 is 20.7. The quantitative estimate of drug-likeness (QED) is 0.381. The van der Waals surface area contributed by atoms with Gasteiger partial charge in [-0.05, 0) is 6.42 Å². The molecule has 0 bridgehead atoms. The van der Waals surface area contributed by atoms with Crippen LogP contribution in [-0.4, -0.2) is 22.3 Å². The highest BCUT2D eigenvalue weighted by Crippen LogP contribution is 2.25. The fourth-order valence-electron chi connectivity index (χ4n) is 0.383. The molecule has 0 amide bonds. The molecule has 0 spiro atoms. The molecule has 0 aromatic rings. The lowest BCUT2D eigenvalue weighted by Gasteiger charge is -2.04. The van der Waals surface area contributed by atoms with Gasteiger partial charge in [-0.1, -0.05) is 47.8 Å². The van der Waals surface area contributed by atoms with Crippen molar-refractivity contribution in [3.63, 3.8) is 0 Å². The molecule has 0 aliphatic heterocycles. The molecule has 74 valence electrons. The van der Waals surface area contributed by atoms with Crippen LogP contribution in [0.15, 0.2) is 0 Å². The van der Waals surface area contributed by atoms with Gasteiger partial charge < -0.3 is 9.05 Å². The lowest BCUT2D eigenvalue weighted by atomic mass is 10.5. The zero-order valence-corrected chi connectivity index (χ0v) is 12.0. The summed E-state index contributed by atoms with van der Waals surface area (Å²) in [7, 11) is -2.29. The third-order valence-electron chi connectivity index (χ3n) is 0.825. The van der Waals surface area contributed by atoms with Crippen molar-refractivity contribution in [3.05, 3.63) is 0 Å². The number of rotatable bonds is 7. The summed E-state index contributed by atoms with van der Waals surface area (Å²) in [4.78, 5) is 0. The Kier molecular flexibility index (Phi) is 10.4. The average molecular weight is 389 g/mol. The summed E-state index contributed by atoms with van der Waals surface area (Å²) in [6.07, 6.45) is 0.839. The van der Waals surface area contributed by atoms with Crippen molar-refractivity contribution in [3.8, 4) is 0 Å². The second kappa shape index (κ2) is 9.16. The number of hydrogen-bond donors (Lipinski definition) is 0. The van der Waals surface area contributed by atoms with Crippen molar-refractivity contribution < 1.29 is 13.6 Å². The van der Waals surface area contributed by atoms with Crippen LogP contribution in [0.4, 0.5) is 0 Å². The molecule has 1 unspecified atom stereocenters. The van der Waals surface area contributed by atoms with Crippen molar-refractivity contribution in [1.29, 1.82) is 0 Å². The molecule has 3 nitrogen and oxygen atoms in total. The molecule has 0 saturated carbocycles. The highest BCUT2D eigenvalue weighted by atomic mass is 79.9. The van der Waals surface area contributed by atoms with Gasteiger partial charge in [-0.25, -0.2) is 0 Å². The smallest absolute Gasteiger partial charge is 0.311 e. The topological polar surface area (TPSA) is 35.5 Å². The molecule has 0 fully saturated rings. The standard InChI is InChI=1S/C5H10Br3O3P/c6-2-1-3-10-12(9)11-4-5(7)8/h5,12H,1-4H2. The van der Waals surface area contributed by atoms with Crippen LogP contribution in [-0.2, 0) is 13.6 Å². The van der Waals surface area contributed by atoms with Crippen LogP contribution in [0.3, 0.4) is 0 Å².